The fraction of sp³-hybridized carbons (Fsp3) is 0. The molecule has 0 aliphatic carbocycles. The normalized spacial score (nSPS) is 11.4. The van der Waals surface area contributed by atoms with Gasteiger partial charge in [0.05, 0.1) is 5.69 Å². The van der Waals surface area contributed by atoms with Gasteiger partial charge in [-0.25, -0.2) is 0 Å². The van der Waals surface area contributed by atoms with Gasteiger partial charge < -0.3 is 9.32 Å². The summed E-state index contributed by atoms with van der Waals surface area (Å²) in [5.74, 6) is 0. The molecule has 2 heteroatoms. The van der Waals surface area contributed by atoms with Crippen molar-refractivity contribution < 1.29 is 4.42 Å². The molecule has 2 nitrogen and oxygen atoms in total. The van der Waals surface area contributed by atoms with E-state index in [-0.39, 0.29) is 0 Å². The van der Waals surface area contributed by atoms with E-state index in [1.165, 1.54) is 49.5 Å². The molecule has 0 fully saturated rings. The number of nitrogens with zero attached hydrogens (tertiary/aromatic N) is 1. The van der Waals surface area contributed by atoms with Crippen LogP contribution in [0.3, 0.4) is 0 Å². The van der Waals surface area contributed by atoms with Crippen molar-refractivity contribution in [2.24, 2.45) is 0 Å². The Kier molecular flexibility index (Phi) is 8.19. The highest BCUT2D eigenvalue weighted by atomic mass is 16.3. The molecule has 0 radical (unpaired) electrons. The number of hydrogen-bond donors (Lipinski definition) is 0. The maximum absolute atomic E-state index is 6.51. The molecule has 0 saturated heterocycles. The van der Waals surface area contributed by atoms with Gasteiger partial charge in [-0.3, -0.25) is 0 Å². The Hall–Kier alpha value is -7.68. The molecule has 272 valence electrons. The summed E-state index contributed by atoms with van der Waals surface area (Å²) in [5, 5.41) is 7.06. The molecule has 11 rings (SSSR count). The average molecular weight is 740 g/mol. The van der Waals surface area contributed by atoms with Gasteiger partial charge in [-0.05, 0) is 110 Å². The van der Waals surface area contributed by atoms with E-state index >= 15 is 0 Å². The van der Waals surface area contributed by atoms with E-state index in [0.717, 1.165) is 55.5 Å². The second kappa shape index (κ2) is 14.1. The maximum atomic E-state index is 6.51. The molecule has 11 aromatic rings. The Balaban J connectivity index is 1.02. The molecule has 0 saturated carbocycles. The summed E-state index contributed by atoms with van der Waals surface area (Å²) in [6.07, 6.45) is 0. The lowest BCUT2D eigenvalue weighted by atomic mass is 9.95. The molecular weight excluding hydrogens is 703 g/mol. The summed E-state index contributed by atoms with van der Waals surface area (Å²) in [6.45, 7) is 0. The second-order valence-electron chi connectivity index (χ2n) is 14.9. The van der Waals surface area contributed by atoms with E-state index in [1.54, 1.807) is 0 Å². The Morgan fingerprint density at radius 3 is 1.62 bits per heavy atom. The van der Waals surface area contributed by atoms with E-state index in [0.29, 0.717) is 0 Å². The average Bonchev–Trinajstić information content (AvgIpc) is 3.69. The number of anilines is 3. The first-order chi connectivity index (χ1) is 28.7. The zero-order chi connectivity index (χ0) is 38.4. The fourth-order valence-electron chi connectivity index (χ4n) is 8.59. The van der Waals surface area contributed by atoms with Crippen molar-refractivity contribution in [3.63, 3.8) is 0 Å². The Labute approximate surface area is 337 Å². The zero-order valence-electron chi connectivity index (χ0n) is 31.7. The molecule has 0 N–H and O–H groups in total. The molecule has 0 atom stereocenters. The number of furan rings is 1. The molecule has 0 aliphatic rings. The van der Waals surface area contributed by atoms with Gasteiger partial charge in [-0.15, -0.1) is 0 Å². The third kappa shape index (κ3) is 5.91. The monoisotopic (exact) mass is 739 g/mol. The van der Waals surface area contributed by atoms with Gasteiger partial charge in [0.2, 0.25) is 0 Å². The minimum absolute atomic E-state index is 0.890. The van der Waals surface area contributed by atoms with Crippen LogP contribution in [-0.4, -0.2) is 0 Å². The summed E-state index contributed by atoms with van der Waals surface area (Å²) in [6, 6.07) is 80.7. The quantitative estimate of drug-likeness (QED) is 0.162. The van der Waals surface area contributed by atoms with Crippen molar-refractivity contribution in [3.05, 3.63) is 224 Å². The minimum atomic E-state index is 0.890. The predicted octanol–water partition coefficient (Wildman–Crippen LogP) is 16.0. The molecule has 58 heavy (non-hydrogen) atoms. The van der Waals surface area contributed by atoms with Crippen LogP contribution < -0.4 is 4.90 Å². The van der Waals surface area contributed by atoms with Gasteiger partial charge in [-0.1, -0.05) is 170 Å². The van der Waals surface area contributed by atoms with E-state index in [1.807, 2.05) is 0 Å². The van der Waals surface area contributed by atoms with Crippen LogP contribution in [0.5, 0.6) is 0 Å². The number of benzene rings is 10. The molecular formula is C56H37NO. The smallest absolute Gasteiger partial charge is 0.143 e. The summed E-state index contributed by atoms with van der Waals surface area (Å²) >= 11 is 0. The van der Waals surface area contributed by atoms with Gasteiger partial charge in [0.1, 0.15) is 11.2 Å². The molecule has 0 bridgehead atoms. The fourth-order valence-corrected chi connectivity index (χ4v) is 8.59. The lowest BCUT2D eigenvalue weighted by molar-refractivity contribution is 0.672. The van der Waals surface area contributed by atoms with E-state index < -0.39 is 0 Å². The van der Waals surface area contributed by atoms with Crippen molar-refractivity contribution in [1.82, 2.24) is 0 Å². The van der Waals surface area contributed by atoms with Crippen LogP contribution in [0.1, 0.15) is 0 Å². The Morgan fingerprint density at radius 1 is 0.293 bits per heavy atom. The molecule has 1 heterocycles. The van der Waals surface area contributed by atoms with E-state index in [9.17, 15) is 0 Å². The zero-order valence-corrected chi connectivity index (χ0v) is 31.7. The van der Waals surface area contributed by atoms with Gasteiger partial charge >= 0.3 is 0 Å². The lowest BCUT2D eigenvalue weighted by Gasteiger charge is -2.28. The van der Waals surface area contributed by atoms with Gasteiger partial charge in [0.15, 0.2) is 0 Å². The van der Waals surface area contributed by atoms with Crippen LogP contribution in [0.4, 0.5) is 17.1 Å². The third-order valence-electron chi connectivity index (χ3n) is 11.5. The molecule has 0 aliphatic heterocycles. The first-order valence-electron chi connectivity index (χ1n) is 19.8. The van der Waals surface area contributed by atoms with Gasteiger partial charge in [-0.2, -0.15) is 0 Å². The molecule has 0 spiro atoms. The van der Waals surface area contributed by atoms with Crippen LogP contribution in [0.25, 0.3) is 88.0 Å². The highest BCUT2D eigenvalue weighted by molar-refractivity contribution is 6.15. The van der Waals surface area contributed by atoms with Crippen molar-refractivity contribution in [2.45, 2.75) is 0 Å². The van der Waals surface area contributed by atoms with E-state index in [2.05, 4.69) is 229 Å². The Bertz CT molecular complexity index is 3260. The largest absolute Gasteiger partial charge is 0.455 e. The number of hydrogen-bond acceptors (Lipinski definition) is 2. The highest BCUT2D eigenvalue weighted by Gasteiger charge is 2.19. The minimum Gasteiger partial charge on any atom is -0.455 e. The summed E-state index contributed by atoms with van der Waals surface area (Å²) in [4.78, 5) is 2.38. The van der Waals surface area contributed by atoms with E-state index in [4.69, 9.17) is 4.42 Å². The van der Waals surface area contributed by atoms with Crippen molar-refractivity contribution >= 4 is 60.5 Å². The number of rotatable bonds is 7. The van der Waals surface area contributed by atoms with Crippen LogP contribution >= 0.6 is 0 Å². The van der Waals surface area contributed by atoms with Crippen LogP contribution in [0.2, 0.25) is 0 Å². The number of para-hydroxylation sites is 1. The first-order valence-corrected chi connectivity index (χ1v) is 19.8. The van der Waals surface area contributed by atoms with Crippen LogP contribution in [-0.2, 0) is 0 Å². The first kappa shape index (κ1) is 33.6. The molecule has 0 amide bonds. The lowest BCUT2D eigenvalue weighted by Crippen LogP contribution is -2.11. The summed E-state index contributed by atoms with van der Waals surface area (Å²) in [7, 11) is 0. The third-order valence-corrected chi connectivity index (χ3v) is 11.5. The predicted molar refractivity (Wildman–Crippen MR) is 245 cm³/mol. The van der Waals surface area contributed by atoms with Gasteiger partial charge in [0, 0.05) is 33.1 Å². The summed E-state index contributed by atoms with van der Waals surface area (Å²) in [5.41, 5.74) is 14.5. The van der Waals surface area contributed by atoms with Crippen molar-refractivity contribution in [3.8, 4) is 44.5 Å². The van der Waals surface area contributed by atoms with Crippen molar-refractivity contribution in [2.75, 3.05) is 4.90 Å². The van der Waals surface area contributed by atoms with Crippen molar-refractivity contribution in [1.29, 1.82) is 0 Å². The molecule has 0 unspecified atom stereocenters. The topological polar surface area (TPSA) is 16.4 Å². The number of fused-ring (bicyclic) bond motifs is 6. The molecule has 1 aromatic heterocycles. The van der Waals surface area contributed by atoms with Crippen LogP contribution in [0, 0.1) is 0 Å². The maximum Gasteiger partial charge on any atom is 0.143 e. The Morgan fingerprint density at radius 2 is 0.828 bits per heavy atom. The SMILES string of the molecule is c1ccc(-c2ccc(N(c3ccc(-c4cccc(-c5cccc6ccccc56)c4)cc3)c3ccccc3-c3ccc4oc5c6ccccc6ccc5c4c3)cc2)cc1. The summed E-state index contributed by atoms with van der Waals surface area (Å²) < 4.78 is 6.51. The molecule has 10 aromatic carbocycles. The van der Waals surface area contributed by atoms with Crippen LogP contribution in [0.15, 0.2) is 229 Å². The standard InChI is InChI=1S/C56H37NO/c1-2-12-38(13-3-1)39-24-30-46(31-25-39)57(47-32-26-40(27-33-47)43-17-10-18-44(36-43)49-22-11-16-41-14-4-6-19-48(41)49)54-23-9-8-20-50(54)45-29-35-55-53(37-45)52-34-28-42-15-5-7-21-51(42)56(52)58-55/h1-37H. The van der Waals surface area contributed by atoms with Gasteiger partial charge in [0.25, 0.3) is 0 Å². The second-order valence-corrected chi connectivity index (χ2v) is 14.9. The highest BCUT2D eigenvalue weighted by Crippen LogP contribution is 2.44.